The number of benzene rings is 1. The lowest BCUT2D eigenvalue weighted by atomic mass is 10.0. The predicted molar refractivity (Wildman–Crippen MR) is 91.5 cm³/mol. The molecule has 0 N–H and O–H groups in total. The van der Waals surface area contributed by atoms with Crippen molar-refractivity contribution < 1.29 is 0 Å². The molecular weight excluding hydrogens is 284 g/mol. The minimum Gasteiger partial charge on any atom is -0.299 e. The van der Waals surface area contributed by atoms with Gasteiger partial charge in [0.1, 0.15) is 0 Å². The third-order valence-corrected chi connectivity index (χ3v) is 5.57. The maximum atomic E-state index is 4.38. The second-order valence-electron chi connectivity index (χ2n) is 7.26. The number of likely N-dealkylation sites (tertiary alicyclic amines) is 1. The van der Waals surface area contributed by atoms with Gasteiger partial charge in [0.25, 0.3) is 0 Å². The van der Waals surface area contributed by atoms with E-state index in [-0.39, 0.29) is 0 Å². The van der Waals surface area contributed by atoms with E-state index in [9.17, 15) is 0 Å². The Labute approximate surface area is 138 Å². The summed E-state index contributed by atoms with van der Waals surface area (Å²) in [7, 11) is 0. The first-order chi connectivity index (χ1) is 11.2. The molecule has 2 fully saturated rings. The Hall–Kier alpha value is -1.68. The van der Waals surface area contributed by atoms with Gasteiger partial charge in [0, 0.05) is 31.7 Å². The summed E-state index contributed by atoms with van der Waals surface area (Å²) >= 11 is 0. The quantitative estimate of drug-likeness (QED) is 0.865. The third-order valence-electron chi connectivity index (χ3n) is 5.57. The SMILES string of the molecule is Cc1cccc(CN2CCC(n3cc(C4CC4)nn3)CC2)c1C. The normalized spacial score (nSPS) is 20.1. The molecule has 4 nitrogen and oxygen atoms in total. The van der Waals surface area contributed by atoms with Crippen LogP contribution in [0.3, 0.4) is 0 Å². The van der Waals surface area contributed by atoms with Crippen LogP contribution in [0, 0.1) is 13.8 Å². The van der Waals surface area contributed by atoms with Gasteiger partial charge in [-0.05, 0) is 56.2 Å². The molecule has 0 spiro atoms. The second-order valence-corrected chi connectivity index (χ2v) is 7.26. The monoisotopic (exact) mass is 310 g/mol. The summed E-state index contributed by atoms with van der Waals surface area (Å²) in [5, 5.41) is 8.74. The molecule has 0 atom stereocenters. The molecule has 1 aromatic carbocycles. The molecule has 1 saturated heterocycles. The van der Waals surface area contributed by atoms with E-state index in [4.69, 9.17) is 0 Å². The number of nitrogens with zero attached hydrogens (tertiary/aromatic N) is 4. The van der Waals surface area contributed by atoms with Crippen molar-refractivity contribution in [2.45, 2.75) is 58.0 Å². The molecule has 4 rings (SSSR count). The van der Waals surface area contributed by atoms with Crippen LogP contribution in [0.15, 0.2) is 24.4 Å². The summed E-state index contributed by atoms with van der Waals surface area (Å²) in [6.07, 6.45) is 7.15. The van der Waals surface area contributed by atoms with Crippen molar-refractivity contribution in [1.29, 1.82) is 0 Å². The molecule has 0 radical (unpaired) electrons. The molecule has 122 valence electrons. The van der Waals surface area contributed by atoms with E-state index in [2.05, 4.69) is 58.1 Å². The summed E-state index contributed by atoms with van der Waals surface area (Å²) in [6.45, 7) is 7.82. The molecule has 0 bridgehead atoms. The summed E-state index contributed by atoms with van der Waals surface area (Å²) < 4.78 is 2.13. The van der Waals surface area contributed by atoms with E-state index in [1.165, 1.54) is 48.1 Å². The molecule has 2 heterocycles. The molecule has 0 unspecified atom stereocenters. The van der Waals surface area contributed by atoms with E-state index in [0.29, 0.717) is 12.0 Å². The van der Waals surface area contributed by atoms with Crippen LogP contribution >= 0.6 is 0 Å². The Kier molecular flexibility index (Phi) is 3.93. The molecule has 4 heteroatoms. The van der Waals surface area contributed by atoms with Gasteiger partial charge in [0.05, 0.1) is 11.7 Å². The fraction of sp³-hybridized carbons (Fsp3) is 0.579. The van der Waals surface area contributed by atoms with Gasteiger partial charge in [-0.25, -0.2) is 4.68 Å². The van der Waals surface area contributed by atoms with E-state index >= 15 is 0 Å². The van der Waals surface area contributed by atoms with Gasteiger partial charge in [0.2, 0.25) is 0 Å². The first-order valence-corrected chi connectivity index (χ1v) is 8.90. The summed E-state index contributed by atoms with van der Waals surface area (Å²) in [5.41, 5.74) is 5.52. The lowest BCUT2D eigenvalue weighted by molar-refractivity contribution is 0.172. The van der Waals surface area contributed by atoms with Crippen LogP contribution in [0.25, 0.3) is 0 Å². The molecule has 1 aliphatic carbocycles. The van der Waals surface area contributed by atoms with E-state index in [1.54, 1.807) is 0 Å². The van der Waals surface area contributed by atoms with Gasteiger partial charge >= 0.3 is 0 Å². The highest BCUT2D eigenvalue weighted by Gasteiger charge is 2.28. The van der Waals surface area contributed by atoms with Crippen molar-refractivity contribution in [1.82, 2.24) is 19.9 Å². The maximum absolute atomic E-state index is 4.38. The summed E-state index contributed by atoms with van der Waals surface area (Å²) in [6, 6.07) is 7.19. The standard InChI is InChI=1S/C19H26N4/c1-14-4-3-5-17(15(14)2)12-22-10-8-18(9-11-22)23-13-19(20-21-23)16-6-7-16/h3-5,13,16,18H,6-12H2,1-2H3. The largest absolute Gasteiger partial charge is 0.299 e. The molecule has 1 aliphatic heterocycles. The summed E-state index contributed by atoms with van der Waals surface area (Å²) in [5.74, 6) is 0.702. The van der Waals surface area contributed by atoms with Crippen molar-refractivity contribution in [3.63, 3.8) is 0 Å². The topological polar surface area (TPSA) is 34.0 Å². The Bertz CT molecular complexity index is 678. The minimum absolute atomic E-state index is 0.532. The zero-order valence-electron chi connectivity index (χ0n) is 14.2. The first kappa shape index (κ1) is 14.9. The average molecular weight is 310 g/mol. The minimum atomic E-state index is 0.532. The van der Waals surface area contributed by atoms with E-state index in [0.717, 1.165) is 19.6 Å². The van der Waals surface area contributed by atoms with Gasteiger partial charge in [-0.2, -0.15) is 0 Å². The Morgan fingerprint density at radius 3 is 2.61 bits per heavy atom. The van der Waals surface area contributed by atoms with Crippen molar-refractivity contribution in [2.75, 3.05) is 13.1 Å². The number of hydrogen-bond acceptors (Lipinski definition) is 3. The van der Waals surface area contributed by atoms with Gasteiger partial charge in [-0.15, -0.1) is 5.10 Å². The zero-order chi connectivity index (χ0) is 15.8. The molecule has 0 amide bonds. The highest BCUT2D eigenvalue weighted by Crippen LogP contribution is 2.39. The maximum Gasteiger partial charge on any atom is 0.0858 e. The molecule has 2 aliphatic rings. The molecule has 2 aromatic rings. The third kappa shape index (κ3) is 3.18. The van der Waals surface area contributed by atoms with Crippen LogP contribution in [-0.2, 0) is 6.54 Å². The number of aromatic nitrogens is 3. The highest BCUT2D eigenvalue weighted by molar-refractivity contribution is 5.33. The van der Waals surface area contributed by atoms with Crippen molar-refractivity contribution in [2.24, 2.45) is 0 Å². The van der Waals surface area contributed by atoms with Crippen LogP contribution < -0.4 is 0 Å². The number of piperidine rings is 1. The molecule has 1 saturated carbocycles. The molecular formula is C19H26N4. The average Bonchev–Trinajstić information content (AvgIpc) is 3.30. The van der Waals surface area contributed by atoms with Crippen LogP contribution in [0.2, 0.25) is 0 Å². The molecule has 23 heavy (non-hydrogen) atoms. The number of aryl methyl sites for hydroxylation is 1. The van der Waals surface area contributed by atoms with Crippen molar-refractivity contribution >= 4 is 0 Å². The highest BCUT2D eigenvalue weighted by atomic mass is 15.4. The van der Waals surface area contributed by atoms with Gasteiger partial charge in [-0.1, -0.05) is 23.4 Å². The Morgan fingerprint density at radius 1 is 1.09 bits per heavy atom. The Balaban J connectivity index is 1.35. The lowest BCUT2D eigenvalue weighted by Gasteiger charge is -2.32. The lowest BCUT2D eigenvalue weighted by Crippen LogP contribution is -2.34. The first-order valence-electron chi connectivity index (χ1n) is 8.90. The van der Waals surface area contributed by atoms with Crippen molar-refractivity contribution in [3.05, 3.63) is 46.8 Å². The zero-order valence-corrected chi connectivity index (χ0v) is 14.2. The van der Waals surface area contributed by atoms with E-state index in [1.807, 2.05) is 0 Å². The fourth-order valence-corrected chi connectivity index (χ4v) is 3.60. The fourth-order valence-electron chi connectivity index (χ4n) is 3.60. The van der Waals surface area contributed by atoms with Crippen LogP contribution in [0.5, 0.6) is 0 Å². The van der Waals surface area contributed by atoms with Crippen LogP contribution in [-0.4, -0.2) is 33.0 Å². The van der Waals surface area contributed by atoms with Gasteiger partial charge < -0.3 is 0 Å². The van der Waals surface area contributed by atoms with Crippen LogP contribution in [0.1, 0.15) is 60.0 Å². The van der Waals surface area contributed by atoms with Crippen LogP contribution in [0.4, 0.5) is 0 Å². The smallest absolute Gasteiger partial charge is 0.0858 e. The Morgan fingerprint density at radius 2 is 1.87 bits per heavy atom. The van der Waals surface area contributed by atoms with Gasteiger partial charge in [-0.3, -0.25) is 4.90 Å². The summed E-state index contributed by atoms with van der Waals surface area (Å²) in [4.78, 5) is 2.58. The van der Waals surface area contributed by atoms with Crippen molar-refractivity contribution in [3.8, 4) is 0 Å². The predicted octanol–water partition coefficient (Wildman–Crippen LogP) is 3.61. The molecule has 1 aromatic heterocycles. The van der Waals surface area contributed by atoms with E-state index < -0.39 is 0 Å². The van der Waals surface area contributed by atoms with Gasteiger partial charge in [0.15, 0.2) is 0 Å². The second kappa shape index (κ2) is 6.08. The number of hydrogen-bond donors (Lipinski definition) is 0. The number of rotatable bonds is 4.